The lowest BCUT2D eigenvalue weighted by Crippen LogP contribution is -2.33. The van der Waals surface area contributed by atoms with E-state index in [1.165, 1.54) is 14.0 Å². The maximum atomic E-state index is 13.6. The summed E-state index contributed by atoms with van der Waals surface area (Å²) in [5.41, 5.74) is 0. The third kappa shape index (κ3) is 3.23. The lowest BCUT2D eigenvalue weighted by molar-refractivity contribution is -0.0293. The van der Waals surface area contributed by atoms with E-state index in [1.54, 1.807) is 0 Å². The second-order valence-corrected chi connectivity index (χ2v) is 5.01. The van der Waals surface area contributed by atoms with Crippen LogP contribution in [-0.2, 0) is 23.1 Å². The number of hydrogen-bond acceptors (Lipinski definition) is 5. The van der Waals surface area contributed by atoms with E-state index < -0.39 is 32.3 Å². The molecule has 6 nitrogen and oxygen atoms in total. The number of methoxy groups -OCH3 is 1. The van der Waals surface area contributed by atoms with Crippen molar-refractivity contribution in [2.45, 2.75) is 31.4 Å². The Balaban J connectivity index is 2.70. The van der Waals surface area contributed by atoms with Crippen molar-refractivity contribution in [1.29, 1.82) is 0 Å². The van der Waals surface area contributed by atoms with Crippen LogP contribution in [0.3, 0.4) is 0 Å². The van der Waals surface area contributed by atoms with Crippen LogP contribution in [0.4, 0.5) is 4.39 Å². The predicted octanol–water partition coefficient (Wildman–Crippen LogP) is 0.890. The second kappa shape index (κ2) is 5.53. The van der Waals surface area contributed by atoms with Crippen LogP contribution in [0.2, 0.25) is 0 Å². The molecule has 0 spiro atoms. The first kappa shape index (κ1) is 14.0. The third-order valence-corrected chi connectivity index (χ3v) is 3.31. The SMILES string of the molecule is COCC1OC(C)C(F)C1OP(=O)(O)OC. The first-order chi connectivity index (χ1) is 7.41. The molecule has 1 heterocycles. The number of halogens is 1. The highest BCUT2D eigenvalue weighted by molar-refractivity contribution is 7.47. The largest absolute Gasteiger partial charge is 0.472 e. The minimum absolute atomic E-state index is 0.0825. The summed E-state index contributed by atoms with van der Waals surface area (Å²) in [6, 6.07) is 0. The normalized spacial score (nSPS) is 38.6. The molecule has 0 aliphatic carbocycles. The van der Waals surface area contributed by atoms with Crippen LogP contribution < -0.4 is 0 Å². The number of hydrogen-bond donors (Lipinski definition) is 1. The smallest absolute Gasteiger partial charge is 0.382 e. The van der Waals surface area contributed by atoms with Crippen molar-refractivity contribution < 1.29 is 32.4 Å². The Morgan fingerprint density at radius 1 is 1.50 bits per heavy atom. The number of rotatable bonds is 5. The van der Waals surface area contributed by atoms with Gasteiger partial charge in [-0.2, -0.15) is 0 Å². The van der Waals surface area contributed by atoms with E-state index in [9.17, 15) is 8.96 Å². The molecular formula is C8H16FO6P. The van der Waals surface area contributed by atoms with Gasteiger partial charge in [-0.1, -0.05) is 0 Å². The highest BCUT2D eigenvalue weighted by Gasteiger charge is 2.47. The summed E-state index contributed by atoms with van der Waals surface area (Å²) in [6.07, 6.45) is -4.07. The van der Waals surface area contributed by atoms with Crippen molar-refractivity contribution in [2.24, 2.45) is 0 Å². The van der Waals surface area contributed by atoms with Gasteiger partial charge in [0.15, 0.2) is 6.17 Å². The summed E-state index contributed by atoms with van der Waals surface area (Å²) < 4.78 is 43.8. The predicted molar refractivity (Wildman–Crippen MR) is 52.8 cm³/mol. The zero-order valence-corrected chi connectivity index (χ0v) is 10.2. The number of ether oxygens (including phenoxy) is 2. The first-order valence-corrected chi connectivity index (χ1v) is 6.26. The van der Waals surface area contributed by atoms with Gasteiger partial charge in [0.05, 0.1) is 12.7 Å². The Kier molecular flexibility index (Phi) is 4.85. The molecule has 0 bridgehead atoms. The number of alkyl halides is 1. The molecule has 8 heteroatoms. The van der Waals surface area contributed by atoms with Gasteiger partial charge in [0.2, 0.25) is 0 Å². The van der Waals surface area contributed by atoms with Crippen LogP contribution in [-0.4, -0.2) is 50.2 Å². The molecule has 0 saturated carbocycles. The summed E-state index contributed by atoms with van der Waals surface area (Å²) in [7, 11) is -1.79. The van der Waals surface area contributed by atoms with E-state index in [0.29, 0.717) is 0 Å². The van der Waals surface area contributed by atoms with Crippen LogP contribution >= 0.6 is 7.82 Å². The molecule has 5 unspecified atom stereocenters. The van der Waals surface area contributed by atoms with Gasteiger partial charge in [0.1, 0.15) is 12.2 Å². The molecule has 1 aliphatic rings. The molecule has 0 aromatic rings. The molecule has 1 N–H and O–H groups in total. The van der Waals surface area contributed by atoms with Crippen LogP contribution in [0.5, 0.6) is 0 Å². The number of phosphoric ester groups is 1. The van der Waals surface area contributed by atoms with Crippen molar-refractivity contribution in [3.05, 3.63) is 0 Å². The van der Waals surface area contributed by atoms with Gasteiger partial charge < -0.3 is 14.4 Å². The lowest BCUT2D eigenvalue weighted by Gasteiger charge is -2.20. The van der Waals surface area contributed by atoms with Gasteiger partial charge >= 0.3 is 7.82 Å². The van der Waals surface area contributed by atoms with Gasteiger partial charge in [-0.3, -0.25) is 9.05 Å². The molecular weight excluding hydrogens is 242 g/mol. The van der Waals surface area contributed by atoms with Gasteiger partial charge in [-0.05, 0) is 6.92 Å². The molecule has 1 fully saturated rings. The van der Waals surface area contributed by atoms with Gasteiger partial charge in [0, 0.05) is 14.2 Å². The zero-order valence-electron chi connectivity index (χ0n) is 9.33. The van der Waals surface area contributed by atoms with Crippen LogP contribution in [0.1, 0.15) is 6.92 Å². The monoisotopic (exact) mass is 258 g/mol. The summed E-state index contributed by atoms with van der Waals surface area (Å²) in [6.45, 7) is 1.60. The zero-order chi connectivity index (χ0) is 12.3. The van der Waals surface area contributed by atoms with Crippen LogP contribution in [0.15, 0.2) is 0 Å². The van der Waals surface area contributed by atoms with Gasteiger partial charge in [-0.15, -0.1) is 0 Å². The standard InChI is InChI=1S/C8H16FO6P/c1-5-7(9)8(6(14-5)4-12-2)15-16(10,11)13-3/h5-8H,4H2,1-3H3,(H,10,11). The summed E-state index contributed by atoms with van der Waals surface area (Å²) in [4.78, 5) is 9.12. The molecule has 1 saturated heterocycles. The van der Waals surface area contributed by atoms with E-state index in [1.807, 2.05) is 0 Å². The summed E-state index contributed by atoms with van der Waals surface area (Å²) in [5, 5.41) is 0. The fourth-order valence-corrected chi connectivity index (χ4v) is 2.17. The Morgan fingerprint density at radius 2 is 2.12 bits per heavy atom. The first-order valence-electron chi connectivity index (χ1n) is 4.76. The highest BCUT2D eigenvalue weighted by Crippen LogP contribution is 2.46. The topological polar surface area (TPSA) is 74.2 Å². The molecule has 1 aliphatic heterocycles. The fourth-order valence-electron chi connectivity index (χ4n) is 1.52. The molecule has 0 aromatic carbocycles. The van der Waals surface area contributed by atoms with Crippen molar-refractivity contribution in [1.82, 2.24) is 0 Å². The molecule has 0 aromatic heterocycles. The van der Waals surface area contributed by atoms with E-state index in [-0.39, 0.29) is 6.61 Å². The van der Waals surface area contributed by atoms with E-state index in [2.05, 4.69) is 4.52 Å². The average molecular weight is 258 g/mol. The highest BCUT2D eigenvalue weighted by atomic mass is 31.2. The molecule has 16 heavy (non-hydrogen) atoms. The van der Waals surface area contributed by atoms with Crippen molar-refractivity contribution in [2.75, 3.05) is 20.8 Å². The summed E-state index contributed by atoms with van der Waals surface area (Å²) in [5.74, 6) is 0. The Labute approximate surface area is 93.3 Å². The molecule has 5 atom stereocenters. The molecule has 0 radical (unpaired) electrons. The van der Waals surface area contributed by atoms with Crippen LogP contribution in [0.25, 0.3) is 0 Å². The average Bonchev–Trinajstić information content (AvgIpc) is 2.47. The summed E-state index contributed by atoms with van der Waals surface area (Å²) >= 11 is 0. The Hall–Kier alpha value is -0.0400. The Bertz CT molecular complexity index is 275. The second-order valence-electron chi connectivity index (χ2n) is 3.50. The molecule has 96 valence electrons. The van der Waals surface area contributed by atoms with Crippen molar-refractivity contribution in [3.63, 3.8) is 0 Å². The minimum atomic E-state index is -4.22. The quantitative estimate of drug-likeness (QED) is 0.738. The van der Waals surface area contributed by atoms with Crippen molar-refractivity contribution in [3.8, 4) is 0 Å². The maximum Gasteiger partial charge on any atom is 0.472 e. The van der Waals surface area contributed by atoms with E-state index >= 15 is 0 Å². The lowest BCUT2D eigenvalue weighted by atomic mass is 10.1. The Morgan fingerprint density at radius 3 is 2.62 bits per heavy atom. The minimum Gasteiger partial charge on any atom is -0.382 e. The third-order valence-electron chi connectivity index (χ3n) is 2.33. The van der Waals surface area contributed by atoms with Gasteiger partial charge in [-0.25, -0.2) is 8.96 Å². The molecule has 0 amide bonds. The maximum absolute atomic E-state index is 13.6. The van der Waals surface area contributed by atoms with Crippen molar-refractivity contribution >= 4 is 7.82 Å². The van der Waals surface area contributed by atoms with E-state index in [4.69, 9.17) is 18.9 Å². The fraction of sp³-hybridized carbons (Fsp3) is 1.00. The molecule has 1 rings (SSSR count). The van der Waals surface area contributed by atoms with E-state index in [0.717, 1.165) is 7.11 Å². The van der Waals surface area contributed by atoms with Gasteiger partial charge in [0.25, 0.3) is 0 Å². The van der Waals surface area contributed by atoms with Crippen LogP contribution in [0, 0.1) is 0 Å². The number of phosphoric acid groups is 1.